The summed E-state index contributed by atoms with van der Waals surface area (Å²) in [6.07, 6.45) is 5.78. The highest BCUT2D eigenvalue weighted by molar-refractivity contribution is 7.90. The van der Waals surface area contributed by atoms with Gasteiger partial charge in [-0.05, 0) is 37.1 Å². The van der Waals surface area contributed by atoms with E-state index in [2.05, 4.69) is 4.90 Å². The molecule has 0 aliphatic heterocycles. The van der Waals surface area contributed by atoms with Crippen LogP contribution < -0.4 is 4.90 Å². The maximum Gasteiger partial charge on any atom is 0.175 e. The first-order chi connectivity index (χ1) is 8.89. The fraction of sp³-hybridized carbons (Fsp3) is 0.571. The van der Waals surface area contributed by atoms with Crippen molar-refractivity contribution in [3.63, 3.8) is 0 Å². The Balaban J connectivity index is 2.17. The van der Waals surface area contributed by atoms with E-state index in [1.165, 1.54) is 19.1 Å². The van der Waals surface area contributed by atoms with Gasteiger partial charge in [0.1, 0.15) is 0 Å². The molecule has 0 spiro atoms. The smallest absolute Gasteiger partial charge is 0.175 e. The summed E-state index contributed by atoms with van der Waals surface area (Å²) in [6, 6.07) is 7.36. The Kier molecular flexibility index (Phi) is 4.41. The highest BCUT2D eigenvalue weighted by atomic mass is 35.5. The molecule has 2 rings (SSSR count). The van der Waals surface area contributed by atoms with Crippen molar-refractivity contribution >= 4 is 27.1 Å². The molecule has 1 saturated carbocycles. The summed E-state index contributed by atoms with van der Waals surface area (Å²) in [5.41, 5.74) is 1.02. The molecule has 1 aromatic rings. The second-order valence-electron chi connectivity index (χ2n) is 5.24. The molecule has 0 radical (unpaired) electrons. The number of anilines is 1. The van der Waals surface area contributed by atoms with Gasteiger partial charge in [-0.3, -0.25) is 0 Å². The van der Waals surface area contributed by atoms with Crippen molar-refractivity contribution in [1.82, 2.24) is 0 Å². The molecule has 19 heavy (non-hydrogen) atoms. The highest BCUT2D eigenvalue weighted by Crippen LogP contribution is 2.30. The van der Waals surface area contributed by atoms with E-state index in [4.69, 9.17) is 11.6 Å². The van der Waals surface area contributed by atoms with Crippen molar-refractivity contribution in [3.05, 3.63) is 24.3 Å². The fourth-order valence-electron chi connectivity index (χ4n) is 2.62. The molecule has 1 aliphatic carbocycles. The minimum Gasteiger partial charge on any atom is -0.370 e. The second-order valence-corrected chi connectivity index (χ2v) is 7.82. The van der Waals surface area contributed by atoms with E-state index >= 15 is 0 Å². The molecule has 1 fully saturated rings. The third-order valence-electron chi connectivity index (χ3n) is 3.82. The van der Waals surface area contributed by atoms with Gasteiger partial charge in [0.15, 0.2) is 9.84 Å². The topological polar surface area (TPSA) is 37.4 Å². The molecular formula is C14H20ClNO2S. The van der Waals surface area contributed by atoms with E-state index in [1.54, 1.807) is 12.1 Å². The van der Waals surface area contributed by atoms with Gasteiger partial charge in [-0.15, -0.1) is 11.6 Å². The molecule has 106 valence electrons. The van der Waals surface area contributed by atoms with E-state index in [-0.39, 0.29) is 5.38 Å². The molecule has 0 aromatic heterocycles. The summed E-state index contributed by atoms with van der Waals surface area (Å²) >= 11 is 6.39. The second kappa shape index (κ2) is 5.71. The number of rotatable bonds is 3. The molecule has 0 amide bonds. The first-order valence-electron chi connectivity index (χ1n) is 6.56. The Bertz CT molecular complexity index is 527. The molecule has 1 aliphatic rings. The predicted octanol–water partition coefficient (Wildman–Crippen LogP) is 3.08. The van der Waals surface area contributed by atoms with Crippen LogP contribution in [0.1, 0.15) is 25.7 Å². The first kappa shape index (κ1) is 14.7. The molecule has 3 nitrogen and oxygen atoms in total. The quantitative estimate of drug-likeness (QED) is 0.805. The molecule has 5 heteroatoms. The molecule has 0 saturated heterocycles. The van der Waals surface area contributed by atoms with Gasteiger partial charge in [0, 0.05) is 25.0 Å². The standard InChI is InChI=1S/C14H20ClNO2S/c1-16(14-6-4-3-5-13(14)15)11-7-9-12(10-8-11)19(2,17)18/h7-10,13-14H,3-6H2,1-2H3. The Morgan fingerprint density at radius 3 is 2.26 bits per heavy atom. The van der Waals surface area contributed by atoms with E-state index < -0.39 is 9.84 Å². The van der Waals surface area contributed by atoms with Crippen LogP contribution in [0.3, 0.4) is 0 Å². The van der Waals surface area contributed by atoms with Crippen LogP contribution in [0.15, 0.2) is 29.2 Å². The molecule has 0 N–H and O–H groups in total. The first-order valence-corrected chi connectivity index (χ1v) is 8.89. The van der Waals surface area contributed by atoms with Crippen LogP contribution in [0.2, 0.25) is 0 Å². The Morgan fingerprint density at radius 1 is 1.16 bits per heavy atom. The number of benzene rings is 1. The Morgan fingerprint density at radius 2 is 1.74 bits per heavy atom. The SMILES string of the molecule is CN(c1ccc(S(C)(=O)=O)cc1)C1CCCCC1Cl. The lowest BCUT2D eigenvalue weighted by atomic mass is 9.93. The Hall–Kier alpha value is -0.740. The lowest BCUT2D eigenvalue weighted by molar-refractivity contribution is 0.434. The average Bonchev–Trinajstić information content (AvgIpc) is 2.38. The number of hydrogen-bond donors (Lipinski definition) is 0. The van der Waals surface area contributed by atoms with Gasteiger partial charge in [-0.2, -0.15) is 0 Å². The van der Waals surface area contributed by atoms with E-state index in [0.717, 1.165) is 18.5 Å². The number of nitrogens with zero attached hydrogens (tertiary/aromatic N) is 1. The fourth-order valence-corrected chi connectivity index (χ4v) is 3.70. The van der Waals surface area contributed by atoms with Gasteiger partial charge in [0.05, 0.1) is 10.3 Å². The van der Waals surface area contributed by atoms with Crippen LogP contribution in [0, 0.1) is 0 Å². The predicted molar refractivity (Wildman–Crippen MR) is 79.9 cm³/mol. The van der Waals surface area contributed by atoms with Gasteiger partial charge in [0.25, 0.3) is 0 Å². The zero-order chi connectivity index (χ0) is 14.0. The van der Waals surface area contributed by atoms with Crippen LogP contribution in [0.4, 0.5) is 5.69 Å². The summed E-state index contributed by atoms with van der Waals surface area (Å²) < 4.78 is 22.9. The minimum absolute atomic E-state index is 0.174. The van der Waals surface area contributed by atoms with Crippen molar-refractivity contribution in [3.8, 4) is 0 Å². The van der Waals surface area contributed by atoms with Gasteiger partial charge in [-0.1, -0.05) is 12.8 Å². The van der Waals surface area contributed by atoms with Crippen LogP contribution in [0.5, 0.6) is 0 Å². The van der Waals surface area contributed by atoms with Gasteiger partial charge in [0.2, 0.25) is 0 Å². The summed E-state index contributed by atoms with van der Waals surface area (Å²) in [6.45, 7) is 0. The zero-order valence-corrected chi connectivity index (χ0v) is 12.9. The number of halogens is 1. The van der Waals surface area contributed by atoms with Crippen LogP contribution >= 0.6 is 11.6 Å². The molecule has 0 bridgehead atoms. The normalized spacial score (nSPS) is 24.2. The van der Waals surface area contributed by atoms with E-state index in [0.29, 0.717) is 10.9 Å². The van der Waals surface area contributed by atoms with Crippen LogP contribution in [0.25, 0.3) is 0 Å². The summed E-state index contributed by atoms with van der Waals surface area (Å²) in [4.78, 5) is 2.53. The highest BCUT2D eigenvalue weighted by Gasteiger charge is 2.26. The number of alkyl halides is 1. The van der Waals surface area contributed by atoms with Crippen molar-refractivity contribution < 1.29 is 8.42 Å². The minimum atomic E-state index is -3.13. The molecular weight excluding hydrogens is 282 g/mol. The summed E-state index contributed by atoms with van der Waals surface area (Å²) in [5, 5.41) is 0.174. The lowest BCUT2D eigenvalue weighted by Gasteiger charge is -2.36. The maximum atomic E-state index is 11.4. The van der Waals surface area contributed by atoms with Crippen molar-refractivity contribution in [2.75, 3.05) is 18.2 Å². The van der Waals surface area contributed by atoms with E-state index in [9.17, 15) is 8.42 Å². The third kappa shape index (κ3) is 3.42. The van der Waals surface area contributed by atoms with Gasteiger partial charge >= 0.3 is 0 Å². The largest absolute Gasteiger partial charge is 0.370 e. The van der Waals surface area contributed by atoms with Crippen molar-refractivity contribution in [2.24, 2.45) is 0 Å². The van der Waals surface area contributed by atoms with Crippen LogP contribution in [-0.2, 0) is 9.84 Å². The van der Waals surface area contributed by atoms with Gasteiger partial charge < -0.3 is 4.90 Å². The summed E-state index contributed by atoms with van der Waals surface area (Å²) in [7, 11) is -1.10. The van der Waals surface area contributed by atoms with Gasteiger partial charge in [-0.25, -0.2) is 8.42 Å². The Labute approximate surface area is 120 Å². The lowest BCUT2D eigenvalue weighted by Crippen LogP contribution is -2.40. The number of hydrogen-bond acceptors (Lipinski definition) is 3. The van der Waals surface area contributed by atoms with Crippen LogP contribution in [-0.4, -0.2) is 33.1 Å². The van der Waals surface area contributed by atoms with Crippen molar-refractivity contribution in [1.29, 1.82) is 0 Å². The molecule has 2 unspecified atom stereocenters. The molecule has 2 atom stereocenters. The third-order valence-corrected chi connectivity index (χ3v) is 5.45. The zero-order valence-electron chi connectivity index (χ0n) is 11.3. The average molecular weight is 302 g/mol. The number of sulfone groups is 1. The summed E-state index contributed by atoms with van der Waals surface area (Å²) in [5.74, 6) is 0. The molecule has 0 heterocycles. The maximum absolute atomic E-state index is 11.4. The molecule has 1 aromatic carbocycles. The van der Waals surface area contributed by atoms with Crippen molar-refractivity contribution in [2.45, 2.75) is 42.0 Å². The van der Waals surface area contributed by atoms with E-state index in [1.807, 2.05) is 19.2 Å². The monoisotopic (exact) mass is 301 g/mol.